The molecule has 0 atom stereocenters. The van der Waals surface area contributed by atoms with Crippen molar-refractivity contribution in [2.45, 2.75) is 46.8 Å². The fourth-order valence-corrected chi connectivity index (χ4v) is 3.73. The number of carbonyl (C=O) groups is 1. The van der Waals surface area contributed by atoms with E-state index in [2.05, 4.69) is 0 Å². The summed E-state index contributed by atoms with van der Waals surface area (Å²) < 4.78 is 22.4. The van der Waals surface area contributed by atoms with Crippen molar-refractivity contribution in [3.05, 3.63) is 0 Å². The van der Waals surface area contributed by atoms with Gasteiger partial charge in [-0.2, -0.15) is 0 Å². The molecule has 0 aliphatic heterocycles. The SMILES string of the molecule is CCSC(=O)P(=O)(OC(C)C)OC(C)C. The maximum absolute atomic E-state index is 12.1. The van der Waals surface area contributed by atoms with E-state index >= 15 is 0 Å². The average molecular weight is 254 g/mol. The van der Waals surface area contributed by atoms with E-state index in [0.717, 1.165) is 11.8 Å². The summed E-state index contributed by atoms with van der Waals surface area (Å²) in [7, 11) is -3.62. The maximum atomic E-state index is 12.1. The van der Waals surface area contributed by atoms with Gasteiger partial charge >= 0.3 is 12.5 Å². The molecule has 0 heterocycles. The van der Waals surface area contributed by atoms with Crippen molar-refractivity contribution in [2.75, 3.05) is 5.75 Å². The van der Waals surface area contributed by atoms with Gasteiger partial charge in [0.15, 0.2) is 0 Å². The summed E-state index contributed by atoms with van der Waals surface area (Å²) in [6.07, 6.45) is -0.591. The molecule has 0 amide bonds. The lowest BCUT2D eigenvalue weighted by Crippen LogP contribution is -2.11. The van der Waals surface area contributed by atoms with Gasteiger partial charge in [-0.3, -0.25) is 18.4 Å². The van der Waals surface area contributed by atoms with Gasteiger partial charge in [-0.25, -0.2) is 0 Å². The lowest BCUT2D eigenvalue weighted by molar-refractivity contribution is 0.146. The largest absolute Gasteiger partial charge is 0.408 e. The highest BCUT2D eigenvalue weighted by Gasteiger charge is 2.36. The van der Waals surface area contributed by atoms with E-state index in [0.29, 0.717) is 5.75 Å². The third kappa shape index (κ3) is 5.71. The Morgan fingerprint density at radius 3 is 1.87 bits per heavy atom. The van der Waals surface area contributed by atoms with Crippen LogP contribution in [0.15, 0.2) is 0 Å². The van der Waals surface area contributed by atoms with Gasteiger partial charge in [0, 0.05) is 0 Å². The Kier molecular flexibility index (Phi) is 6.76. The molecule has 0 fully saturated rings. The van der Waals surface area contributed by atoms with Gasteiger partial charge in [0.2, 0.25) is 0 Å². The molecule has 0 aromatic heterocycles. The second kappa shape index (κ2) is 6.69. The molecule has 15 heavy (non-hydrogen) atoms. The van der Waals surface area contributed by atoms with Crippen LogP contribution in [0.3, 0.4) is 0 Å². The Morgan fingerprint density at radius 2 is 1.60 bits per heavy atom. The molecule has 0 aliphatic rings. The Balaban J connectivity index is 4.69. The minimum atomic E-state index is -3.62. The molecule has 90 valence electrons. The fourth-order valence-electron chi connectivity index (χ4n) is 0.869. The zero-order chi connectivity index (χ0) is 12.1. The second-order valence-electron chi connectivity index (χ2n) is 3.50. The summed E-state index contributed by atoms with van der Waals surface area (Å²) in [6.45, 7) is 8.71. The summed E-state index contributed by atoms with van der Waals surface area (Å²) in [6, 6.07) is 0. The quantitative estimate of drug-likeness (QED) is 0.673. The zero-order valence-corrected chi connectivity index (χ0v) is 11.6. The molecule has 0 aromatic carbocycles. The Bertz CT molecular complexity index is 238. The molecule has 0 N–H and O–H groups in total. The molecule has 4 nitrogen and oxygen atoms in total. The van der Waals surface area contributed by atoms with Gasteiger partial charge in [-0.05, 0) is 33.4 Å². The van der Waals surface area contributed by atoms with E-state index in [1.165, 1.54) is 0 Å². The molecule has 6 heteroatoms. The molecule has 0 unspecified atom stereocenters. The lowest BCUT2D eigenvalue weighted by atomic mass is 10.5. The van der Waals surface area contributed by atoms with Gasteiger partial charge in [0.1, 0.15) is 0 Å². The lowest BCUT2D eigenvalue weighted by Gasteiger charge is -2.20. The third-order valence-corrected chi connectivity index (χ3v) is 4.63. The van der Waals surface area contributed by atoms with E-state index in [1.807, 2.05) is 6.92 Å². The smallest absolute Gasteiger partial charge is 0.300 e. The summed E-state index contributed by atoms with van der Waals surface area (Å²) in [5.74, 6) is 0.561. The third-order valence-electron chi connectivity index (χ3n) is 1.19. The molecular weight excluding hydrogens is 235 g/mol. The van der Waals surface area contributed by atoms with Crippen LogP contribution in [0.25, 0.3) is 0 Å². The first-order valence-electron chi connectivity index (χ1n) is 4.96. The minimum Gasteiger partial charge on any atom is -0.300 e. The van der Waals surface area contributed by atoms with Gasteiger partial charge in [0.05, 0.1) is 12.2 Å². The van der Waals surface area contributed by atoms with Crippen molar-refractivity contribution in [3.8, 4) is 0 Å². The molecule has 0 rings (SSSR count). The fraction of sp³-hybridized carbons (Fsp3) is 0.889. The zero-order valence-electron chi connectivity index (χ0n) is 9.85. The van der Waals surface area contributed by atoms with Crippen molar-refractivity contribution >= 4 is 24.2 Å². The molecule has 0 saturated carbocycles. The number of thioether (sulfide) groups is 1. The normalized spacial score (nSPS) is 12.5. The van der Waals surface area contributed by atoms with Crippen LogP contribution in [0.5, 0.6) is 0 Å². The highest BCUT2D eigenvalue weighted by Crippen LogP contribution is 2.54. The molecular formula is C9H19O4PS. The van der Waals surface area contributed by atoms with Crippen LogP contribution in [-0.4, -0.2) is 22.8 Å². The van der Waals surface area contributed by atoms with Crippen LogP contribution in [0.2, 0.25) is 0 Å². The molecule has 0 radical (unpaired) electrons. The van der Waals surface area contributed by atoms with Crippen LogP contribution in [0, 0.1) is 0 Å². The Hall–Kier alpha value is 0.170. The van der Waals surface area contributed by atoms with Crippen LogP contribution < -0.4 is 0 Å². The van der Waals surface area contributed by atoms with Crippen molar-refractivity contribution in [1.29, 1.82) is 0 Å². The number of hydrogen-bond acceptors (Lipinski definition) is 5. The van der Waals surface area contributed by atoms with Crippen LogP contribution >= 0.6 is 19.4 Å². The summed E-state index contributed by atoms with van der Waals surface area (Å²) in [5.41, 5.74) is 0. The highest BCUT2D eigenvalue weighted by atomic mass is 32.2. The molecule has 0 aromatic rings. The standard InChI is InChI=1S/C9H19O4PS/c1-6-15-9(10)14(11,12-7(2)3)13-8(4)5/h7-8H,6H2,1-5H3. The van der Waals surface area contributed by atoms with Gasteiger partial charge in [0.25, 0.3) is 0 Å². The number of rotatable bonds is 6. The first-order chi connectivity index (χ1) is 6.81. The van der Waals surface area contributed by atoms with Crippen molar-refractivity contribution in [1.82, 2.24) is 0 Å². The van der Waals surface area contributed by atoms with Crippen molar-refractivity contribution in [3.63, 3.8) is 0 Å². The van der Waals surface area contributed by atoms with Crippen molar-refractivity contribution in [2.24, 2.45) is 0 Å². The highest BCUT2D eigenvalue weighted by molar-refractivity contribution is 8.25. The predicted octanol–water partition coefficient (Wildman–Crippen LogP) is 3.90. The molecule has 0 bridgehead atoms. The monoisotopic (exact) mass is 254 g/mol. The van der Waals surface area contributed by atoms with E-state index in [9.17, 15) is 9.36 Å². The van der Waals surface area contributed by atoms with Crippen LogP contribution in [0.1, 0.15) is 34.6 Å². The van der Waals surface area contributed by atoms with Crippen LogP contribution in [0.4, 0.5) is 4.79 Å². The predicted molar refractivity (Wildman–Crippen MR) is 63.6 cm³/mol. The van der Waals surface area contributed by atoms with Crippen molar-refractivity contribution < 1.29 is 18.4 Å². The van der Waals surface area contributed by atoms with Gasteiger partial charge in [-0.15, -0.1) is 0 Å². The Labute approximate surface area is 95.6 Å². The average Bonchev–Trinajstić information content (AvgIpc) is 2.01. The maximum Gasteiger partial charge on any atom is 0.408 e. The van der Waals surface area contributed by atoms with E-state index in [4.69, 9.17) is 9.05 Å². The minimum absolute atomic E-state index is 0.295. The summed E-state index contributed by atoms with van der Waals surface area (Å²) in [4.78, 5) is 11.1. The summed E-state index contributed by atoms with van der Waals surface area (Å²) >= 11 is 0.970. The van der Waals surface area contributed by atoms with Crippen LogP contribution in [-0.2, 0) is 13.6 Å². The molecule has 0 spiro atoms. The van der Waals surface area contributed by atoms with Gasteiger partial charge in [-0.1, -0.05) is 18.7 Å². The van der Waals surface area contributed by atoms with E-state index < -0.39 is 12.5 Å². The first-order valence-corrected chi connectivity index (χ1v) is 7.48. The summed E-state index contributed by atoms with van der Waals surface area (Å²) in [5, 5.41) is 0. The number of hydrogen-bond donors (Lipinski definition) is 0. The van der Waals surface area contributed by atoms with E-state index in [-0.39, 0.29) is 12.2 Å². The second-order valence-corrected chi connectivity index (χ2v) is 6.87. The topological polar surface area (TPSA) is 52.6 Å². The molecule has 0 saturated heterocycles. The van der Waals surface area contributed by atoms with Gasteiger partial charge < -0.3 is 0 Å². The molecule has 0 aliphatic carbocycles. The van der Waals surface area contributed by atoms with E-state index in [1.54, 1.807) is 27.7 Å². The Morgan fingerprint density at radius 1 is 1.20 bits per heavy atom. The first kappa shape index (κ1) is 15.2. The number of carbonyl (C=O) groups excluding carboxylic acids is 1.